The Morgan fingerprint density at radius 3 is 2.31 bits per heavy atom. The third-order valence-corrected chi connectivity index (χ3v) is 5.76. The van der Waals surface area contributed by atoms with Crippen molar-refractivity contribution in [1.82, 2.24) is 4.90 Å². The maximum atomic E-state index is 12.2. The predicted octanol–water partition coefficient (Wildman–Crippen LogP) is 3.71. The van der Waals surface area contributed by atoms with Crippen LogP contribution in [0.4, 0.5) is 17.1 Å². The number of anilines is 2. The van der Waals surface area contributed by atoms with Crippen LogP contribution in [0.25, 0.3) is 0 Å². The van der Waals surface area contributed by atoms with E-state index in [4.69, 9.17) is 4.74 Å². The van der Waals surface area contributed by atoms with Gasteiger partial charge in [-0.2, -0.15) is 0 Å². The molecule has 1 heterocycles. The third-order valence-electron chi connectivity index (χ3n) is 5.76. The maximum Gasteiger partial charge on any atom is 0.338 e. The van der Waals surface area contributed by atoms with Crippen LogP contribution in [-0.2, 0) is 16.1 Å². The minimum atomic E-state index is -0.800. The van der Waals surface area contributed by atoms with Gasteiger partial charge in [-0.3, -0.25) is 19.8 Å². The second-order valence-corrected chi connectivity index (χ2v) is 8.23. The number of nitro groups is 1. The summed E-state index contributed by atoms with van der Waals surface area (Å²) in [6.45, 7) is 4.25. The minimum absolute atomic E-state index is 0.0141. The Hall–Kier alpha value is -4.24. The molecular formula is C26H26N4O5. The van der Waals surface area contributed by atoms with Crippen molar-refractivity contribution in [2.75, 3.05) is 43.0 Å². The van der Waals surface area contributed by atoms with E-state index in [0.717, 1.165) is 44.5 Å². The molecule has 35 heavy (non-hydrogen) atoms. The van der Waals surface area contributed by atoms with Gasteiger partial charge in [-0.1, -0.05) is 36.4 Å². The molecule has 0 unspecified atom stereocenters. The highest BCUT2D eigenvalue weighted by atomic mass is 16.6. The lowest BCUT2D eigenvalue weighted by molar-refractivity contribution is -0.384. The van der Waals surface area contributed by atoms with Crippen LogP contribution in [0.15, 0.2) is 78.9 Å². The van der Waals surface area contributed by atoms with Gasteiger partial charge in [0.2, 0.25) is 0 Å². The zero-order chi connectivity index (χ0) is 24.6. The lowest BCUT2D eigenvalue weighted by atomic mass is 10.2. The number of hydrogen-bond donors (Lipinski definition) is 1. The van der Waals surface area contributed by atoms with Crippen LogP contribution in [0, 0.1) is 10.1 Å². The summed E-state index contributed by atoms with van der Waals surface area (Å²) < 4.78 is 4.98. The number of nitrogens with zero attached hydrogens (tertiary/aromatic N) is 3. The summed E-state index contributed by atoms with van der Waals surface area (Å²) in [6, 6.07) is 23.2. The Bertz CT molecular complexity index is 1180. The number of carbonyl (C=O) groups is 2. The topological polar surface area (TPSA) is 105 Å². The number of rotatable bonds is 8. The summed E-state index contributed by atoms with van der Waals surface area (Å²) in [5.74, 6) is -1.29. The fourth-order valence-electron chi connectivity index (χ4n) is 3.92. The number of hydrogen-bond acceptors (Lipinski definition) is 7. The number of esters is 1. The molecule has 1 N–H and O–H groups in total. The average molecular weight is 475 g/mol. The lowest BCUT2D eigenvalue weighted by Gasteiger charge is -2.36. The third kappa shape index (κ3) is 6.64. The van der Waals surface area contributed by atoms with Crippen LogP contribution in [0.5, 0.6) is 0 Å². The van der Waals surface area contributed by atoms with Gasteiger partial charge in [0.05, 0.1) is 10.5 Å². The van der Waals surface area contributed by atoms with Gasteiger partial charge < -0.3 is 15.0 Å². The molecule has 0 spiro atoms. The van der Waals surface area contributed by atoms with Crippen LogP contribution >= 0.6 is 0 Å². The fraction of sp³-hybridized carbons (Fsp3) is 0.231. The van der Waals surface area contributed by atoms with Crippen molar-refractivity contribution in [2.45, 2.75) is 6.54 Å². The fourth-order valence-corrected chi connectivity index (χ4v) is 3.92. The maximum absolute atomic E-state index is 12.2. The van der Waals surface area contributed by atoms with E-state index in [1.165, 1.54) is 23.8 Å². The van der Waals surface area contributed by atoms with Crippen molar-refractivity contribution >= 4 is 28.9 Å². The number of piperazine rings is 1. The Morgan fingerprint density at radius 2 is 1.63 bits per heavy atom. The highest BCUT2D eigenvalue weighted by Crippen LogP contribution is 2.20. The molecule has 1 aliphatic rings. The molecule has 0 radical (unpaired) electrons. The van der Waals surface area contributed by atoms with Gasteiger partial charge in [0.15, 0.2) is 6.61 Å². The lowest BCUT2D eigenvalue weighted by Crippen LogP contribution is -2.45. The van der Waals surface area contributed by atoms with Gasteiger partial charge in [0, 0.05) is 56.2 Å². The van der Waals surface area contributed by atoms with E-state index in [-0.39, 0.29) is 11.3 Å². The Kier molecular flexibility index (Phi) is 7.69. The van der Waals surface area contributed by atoms with E-state index in [2.05, 4.69) is 39.4 Å². The number of ether oxygens (including phenoxy) is 1. The second kappa shape index (κ2) is 11.3. The molecule has 0 aromatic heterocycles. The molecule has 1 fully saturated rings. The summed E-state index contributed by atoms with van der Waals surface area (Å²) in [5, 5.41) is 13.5. The predicted molar refractivity (Wildman–Crippen MR) is 132 cm³/mol. The van der Waals surface area contributed by atoms with Gasteiger partial charge in [0.25, 0.3) is 11.6 Å². The molecule has 3 aromatic carbocycles. The SMILES string of the molecule is O=C(COC(=O)c1cccc([N+](=O)[O-])c1)Nc1ccc(N2CCN(Cc3ccccc3)CC2)cc1. The summed E-state index contributed by atoms with van der Waals surface area (Å²) >= 11 is 0. The molecule has 1 amide bonds. The number of non-ortho nitro benzene ring substituents is 1. The molecule has 4 rings (SSSR count). The first kappa shape index (κ1) is 23.9. The van der Waals surface area contributed by atoms with E-state index in [1.54, 1.807) is 0 Å². The number of amides is 1. The smallest absolute Gasteiger partial charge is 0.338 e. The summed E-state index contributed by atoms with van der Waals surface area (Å²) in [7, 11) is 0. The molecule has 1 saturated heterocycles. The van der Waals surface area contributed by atoms with Crippen molar-refractivity contribution in [3.8, 4) is 0 Å². The van der Waals surface area contributed by atoms with Crippen LogP contribution in [-0.4, -0.2) is 54.5 Å². The molecule has 1 aliphatic heterocycles. The first-order valence-electron chi connectivity index (χ1n) is 11.3. The van der Waals surface area contributed by atoms with E-state index in [9.17, 15) is 19.7 Å². The first-order valence-corrected chi connectivity index (χ1v) is 11.3. The second-order valence-electron chi connectivity index (χ2n) is 8.23. The van der Waals surface area contributed by atoms with E-state index in [0.29, 0.717) is 5.69 Å². The molecule has 0 atom stereocenters. The monoisotopic (exact) mass is 474 g/mol. The van der Waals surface area contributed by atoms with Crippen LogP contribution in [0.3, 0.4) is 0 Å². The summed E-state index contributed by atoms with van der Waals surface area (Å²) in [5.41, 5.74) is 2.78. The molecule has 9 nitrogen and oxygen atoms in total. The molecule has 3 aromatic rings. The van der Waals surface area contributed by atoms with Crippen molar-refractivity contribution in [1.29, 1.82) is 0 Å². The van der Waals surface area contributed by atoms with Crippen molar-refractivity contribution in [3.05, 3.63) is 100 Å². The van der Waals surface area contributed by atoms with E-state index < -0.39 is 23.4 Å². The number of nitrogens with one attached hydrogen (secondary N) is 1. The molecule has 0 saturated carbocycles. The van der Waals surface area contributed by atoms with Gasteiger partial charge >= 0.3 is 5.97 Å². The van der Waals surface area contributed by atoms with E-state index >= 15 is 0 Å². The van der Waals surface area contributed by atoms with Crippen molar-refractivity contribution in [3.63, 3.8) is 0 Å². The average Bonchev–Trinajstić information content (AvgIpc) is 2.89. The quantitative estimate of drug-likeness (QED) is 0.301. The summed E-state index contributed by atoms with van der Waals surface area (Å²) in [4.78, 5) is 39.3. The molecule has 0 bridgehead atoms. The van der Waals surface area contributed by atoms with Gasteiger partial charge in [-0.15, -0.1) is 0 Å². The molecular weight excluding hydrogens is 448 g/mol. The van der Waals surface area contributed by atoms with Crippen LogP contribution < -0.4 is 10.2 Å². The van der Waals surface area contributed by atoms with Crippen LogP contribution in [0.2, 0.25) is 0 Å². The molecule has 9 heteroatoms. The van der Waals surface area contributed by atoms with Gasteiger partial charge in [-0.25, -0.2) is 4.79 Å². The number of benzene rings is 3. The minimum Gasteiger partial charge on any atom is -0.452 e. The highest BCUT2D eigenvalue weighted by molar-refractivity contribution is 5.95. The van der Waals surface area contributed by atoms with Gasteiger partial charge in [-0.05, 0) is 35.9 Å². The zero-order valence-electron chi connectivity index (χ0n) is 19.1. The normalized spacial score (nSPS) is 13.8. The van der Waals surface area contributed by atoms with E-state index in [1.807, 2.05) is 30.3 Å². The Balaban J connectivity index is 1.22. The largest absolute Gasteiger partial charge is 0.452 e. The Morgan fingerprint density at radius 1 is 0.914 bits per heavy atom. The number of carbonyl (C=O) groups excluding carboxylic acids is 2. The number of nitro benzene ring substituents is 1. The molecule has 180 valence electrons. The highest BCUT2D eigenvalue weighted by Gasteiger charge is 2.18. The zero-order valence-corrected chi connectivity index (χ0v) is 19.1. The van der Waals surface area contributed by atoms with Gasteiger partial charge in [0.1, 0.15) is 0 Å². The standard InChI is InChI=1S/C26H26N4O5/c31-25(19-35-26(32)21-7-4-8-24(17-21)30(33)34)27-22-9-11-23(12-10-22)29-15-13-28(14-16-29)18-20-5-2-1-3-6-20/h1-12,17H,13-16,18-19H2,(H,27,31). The first-order chi connectivity index (χ1) is 17.0. The summed E-state index contributed by atoms with van der Waals surface area (Å²) in [6.07, 6.45) is 0. The van der Waals surface area contributed by atoms with Crippen molar-refractivity contribution in [2.24, 2.45) is 0 Å². The van der Waals surface area contributed by atoms with Crippen molar-refractivity contribution < 1.29 is 19.2 Å². The molecule has 0 aliphatic carbocycles. The van der Waals surface area contributed by atoms with Crippen LogP contribution in [0.1, 0.15) is 15.9 Å². The Labute approximate surface area is 203 Å².